The van der Waals surface area contributed by atoms with Crippen LogP contribution in [0.5, 0.6) is 5.75 Å². The topological polar surface area (TPSA) is 66.9 Å². The minimum Gasteiger partial charge on any atom is -0.434 e. The van der Waals surface area contributed by atoms with Gasteiger partial charge in [0.1, 0.15) is 17.4 Å². The highest BCUT2D eigenvalue weighted by atomic mass is 32.2. The van der Waals surface area contributed by atoms with Crippen molar-refractivity contribution in [2.24, 2.45) is 0 Å². The normalized spacial score (nSPS) is 15.6. The third-order valence-corrected chi connectivity index (χ3v) is 6.33. The molecule has 2 aromatic rings. The summed E-state index contributed by atoms with van der Waals surface area (Å²) >= 11 is 0. The fourth-order valence-corrected chi connectivity index (χ4v) is 4.53. The molecule has 1 heterocycles. The first-order chi connectivity index (χ1) is 13.7. The van der Waals surface area contributed by atoms with Gasteiger partial charge in [0, 0.05) is 26.2 Å². The van der Waals surface area contributed by atoms with Gasteiger partial charge in [-0.3, -0.25) is 4.79 Å². The predicted octanol–water partition coefficient (Wildman–Crippen LogP) is 2.71. The quantitative estimate of drug-likeness (QED) is 0.682. The van der Waals surface area contributed by atoms with Crippen molar-refractivity contribution >= 4 is 15.9 Å². The highest BCUT2D eigenvalue weighted by Crippen LogP contribution is 2.25. The molecule has 1 amide bonds. The molecule has 2 aromatic carbocycles. The Morgan fingerprint density at radius 3 is 2.10 bits per heavy atom. The van der Waals surface area contributed by atoms with Gasteiger partial charge in [0.15, 0.2) is 4.90 Å². The van der Waals surface area contributed by atoms with E-state index < -0.39 is 39.1 Å². The average Bonchev–Trinajstić information content (AvgIpc) is 2.67. The lowest BCUT2D eigenvalue weighted by Crippen LogP contribution is -2.50. The standard InChI is InChI=1S/C18H16F4N2O4S/c19-13-5-3-6-14(20)16(13)29(26,27)24-10-8-23(9-11-24)17(25)12-4-1-2-7-15(12)28-18(21)22/h1-7,18H,8-11H2. The lowest BCUT2D eigenvalue weighted by molar-refractivity contribution is -0.0503. The van der Waals surface area contributed by atoms with Crippen molar-refractivity contribution in [2.75, 3.05) is 26.2 Å². The number of amides is 1. The molecule has 0 aliphatic carbocycles. The van der Waals surface area contributed by atoms with Crippen LogP contribution in [0.2, 0.25) is 0 Å². The summed E-state index contributed by atoms with van der Waals surface area (Å²) in [6, 6.07) is 8.19. The predicted molar refractivity (Wildman–Crippen MR) is 94.1 cm³/mol. The van der Waals surface area contributed by atoms with Crippen LogP contribution in [0.4, 0.5) is 17.6 Å². The van der Waals surface area contributed by atoms with E-state index in [9.17, 15) is 30.8 Å². The summed E-state index contributed by atoms with van der Waals surface area (Å²) in [5, 5.41) is 0. The van der Waals surface area contributed by atoms with Gasteiger partial charge in [0.05, 0.1) is 5.56 Å². The fourth-order valence-electron chi connectivity index (χ4n) is 3.00. The zero-order valence-electron chi connectivity index (χ0n) is 14.9. The summed E-state index contributed by atoms with van der Waals surface area (Å²) in [6.07, 6.45) is 0. The molecule has 156 valence electrons. The van der Waals surface area contributed by atoms with Gasteiger partial charge in [0.2, 0.25) is 10.0 Å². The summed E-state index contributed by atoms with van der Waals surface area (Å²) in [5.41, 5.74) is -0.0933. The van der Waals surface area contributed by atoms with Crippen molar-refractivity contribution in [3.63, 3.8) is 0 Å². The molecule has 0 bridgehead atoms. The number of hydrogen-bond donors (Lipinski definition) is 0. The van der Waals surface area contributed by atoms with Crippen LogP contribution in [0.3, 0.4) is 0 Å². The van der Waals surface area contributed by atoms with Crippen molar-refractivity contribution in [1.82, 2.24) is 9.21 Å². The van der Waals surface area contributed by atoms with Crippen LogP contribution in [0.15, 0.2) is 47.4 Å². The Morgan fingerprint density at radius 1 is 0.931 bits per heavy atom. The molecule has 11 heteroatoms. The molecule has 1 saturated heterocycles. The number of nitrogens with zero attached hydrogens (tertiary/aromatic N) is 2. The second-order valence-electron chi connectivity index (χ2n) is 6.12. The van der Waals surface area contributed by atoms with E-state index in [1.165, 1.54) is 29.2 Å². The van der Waals surface area contributed by atoms with Crippen molar-refractivity contribution in [3.05, 3.63) is 59.7 Å². The number of hydrogen-bond acceptors (Lipinski definition) is 4. The van der Waals surface area contributed by atoms with Crippen molar-refractivity contribution < 1.29 is 35.5 Å². The number of halogens is 4. The number of carbonyl (C=O) groups is 1. The van der Waals surface area contributed by atoms with Gasteiger partial charge in [-0.05, 0) is 24.3 Å². The van der Waals surface area contributed by atoms with E-state index in [-0.39, 0.29) is 37.5 Å². The molecule has 0 aromatic heterocycles. The molecule has 0 unspecified atom stereocenters. The van der Waals surface area contributed by atoms with Gasteiger partial charge < -0.3 is 9.64 Å². The van der Waals surface area contributed by atoms with E-state index in [0.717, 1.165) is 22.5 Å². The van der Waals surface area contributed by atoms with Crippen LogP contribution in [-0.2, 0) is 10.0 Å². The molecule has 6 nitrogen and oxygen atoms in total. The number of para-hydroxylation sites is 1. The second-order valence-corrected chi connectivity index (χ2v) is 8.00. The molecule has 0 atom stereocenters. The molecule has 29 heavy (non-hydrogen) atoms. The van der Waals surface area contributed by atoms with Gasteiger partial charge >= 0.3 is 6.61 Å². The first-order valence-corrected chi connectivity index (χ1v) is 9.93. The fraction of sp³-hybridized carbons (Fsp3) is 0.278. The maximum atomic E-state index is 13.9. The molecular formula is C18H16F4N2O4S. The maximum Gasteiger partial charge on any atom is 0.387 e. The Balaban J connectivity index is 1.75. The number of alkyl halides is 2. The highest BCUT2D eigenvalue weighted by molar-refractivity contribution is 7.89. The minimum absolute atomic E-state index is 0.0862. The second kappa shape index (κ2) is 8.37. The zero-order chi connectivity index (χ0) is 21.2. The van der Waals surface area contributed by atoms with Gasteiger partial charge in [-0.2, -0.15) is 13.1 Å². The van der Waals surface area contributed by atoms with Crippen LogP contribution in [0.25, 0.3) is 0 Å². The first-order valence-electron chi connectivity index (χ1n) is 8.49. The Bertz CT molecular complexity index is 988. The SMILES string of the molecule is O=C(c1ccccc1OC(F)F)N1CCN(S(=O)(=O)c2c(F)cccc2F)CC1. The number of rotatable bonds is 5. The smallest absolute Gasteiger partial charge is 0.387 e. The lowest BCUT2D eigenvalue weighted by Gasteiger charge is -2.34. The molecular weight excluding hydrogens is 416 g/mol. The summed E-state index contributed by atoms with van der Waals surface area (Å²) in [7, 11) is -4.44. The average molecular weight is 432 g/mol. The Morgan fingerprint density at radius 2 is 1.52 bits per heavy atom. The summed E-state index contributed by atoms with van der Waals surface area (Å²) in [4.78, 5) is 12.9. The molecule has 1 aliphatic heterocycles. The molecule has 0 N–H and O–H groups in total. The van der Waals surface area contributed by atoms with Gasteiger partial charge in [-0.25, -0.2) is 17.2 Å². The summed E-state index contributed by atoms with van der Waals surface area (Å²) < 4.78 is 83.2. The van der Waals surface area contributed by atoms with Crippen LogP contribution >= 0.6 is 0 Å². The first kappa shape index (κ1) is 21.1. The van der Waals surface area contributed by atoms with Gasteiger partial charge in [-0.15, -0.1) is 0 Å². The van der Waals surface area contributed by atoms with E-state index in [2.05, 4.69) is 4.74 Å². The van der Waals surface area contributed by atoms with E-state index in [1.807, 2.05) is 0 Å². The van der Waals surface area contributed by atoms with Gasteiger partial charge in [0.25, 0.3) is 5.91 Å². The molecule has 0 spiro atoms. The molecule has 1 fully saturated rings. The third-order valence-electron chi connectivity index (χ3n) is 4.38. The summed E-state index contributed by atoms with van der Waals surface area (Å²) in [5.74, 6) is -3.32. The largest absolute Gasteiger partial charge is 0.434 e. The Kier molecular flexibility index (Phi) is 6.08. The highest BCUT2D eigenvalue weighted by Gasteiger charge is 2.34. The van der Waals surface area contributed by atoms with E-state index in [1.54, 1.807) is 0 Å². The van der Waals surface area contributed by atoms with E-state index >= 15 is 0 Å². The van der Waals surface area contributed by atoms with Crippen LogP contribution in [-0.4, -0.2) is 56.3 Å². The number of sulfonamides is 1. The number of carbonyl (C=O) groups excluding carboxylic acids is 1. The van der Waals surface area contributed by atoms with Crippen molar-refractivity contribution in [2.45, 2.75) is 11.5 Å². The molecule has 0 radical (unpaired) electrons. The van der Waals surface area contributed by atoms with E-state index in [4.69, 9.17) is 0 Å². The van der Waals surface area contributed by atoms with Crippen LogP contribution in [0.1, 0.15) is 10.4 Å². The monoisotopic (exact) mass is 432 g/mol. The Labute approximate surface area is 164 Å². The zero-order valence-corrected chi connectivity index (χ0v) is 15.7. The van der Waals surface area contributed by atoms with E-state index in [0.29, 0.717) is 0 Å². The summed E-state index contributed by atoms with van der Waals surface area (Å²) in [6.45, 7) is -3.70. The lowest BCUT2D eigenvalue weighted by atomic mass is 10.1. The molecule has 1 aliphatic rings. The number of ether oxygens (including phenoxy) is 1. The number of piperazine rings is 1. The van der Waals surface area contributed by atoms with Crippen molar-refractivity contribution in [1.29, 1.82) is 0 Å². The molecule has 0 saturated carbocycles. The maximum absolute atomic E-state index is 13.9. The van der Waals surface area contributed by atoms with Crippen molar-refractivity contribution in [3.8, 4) is 5.75 Å². The Hall–Kier alpha value is -2.66. The number of benzene rings is 2. The molecule has 3 rings (SSSR count). The van der Waals surface area contributed by atoms with Gasteiger partial charge in [-0.1, -0.05) is 18.2 Å². The van der Waals surface area contributed by atoms with Crippen LogP contribution < -0.4 is 4.74 Å². The minimum atomic E-state index is -4.44. The van der Waals surface area contributed by atoms with Crippen LogP contribution in [0, 0.1) is 11.6 Å². The third kappa shape index (κ3) is 4.35.